The van der Waals surface area contributed by atoms with Crippen LogP contribution in [-0.4, -0.2) is 65.4 Å². The van der Waals surface area contributed by atoms with Crippen LogP contribution < -0.4 is 0 Å². The third kappa shape index (κ3) is 6.65. The number of hydrogen-bond donors (Lipinski definition) is 0. The number of nitrogens with zero attached hydrogens (tertiary/aromatic N) is 6. The molecule has 0 atom stereocenters. The Balaban J connectivity index is 1.25. The molecule has 0 radical (unpaired) electrons. The van der Waals surface area contributed by atoms with Gasteiger partial charge in [-0.25, -0.2) is 0 Å². The molecule has 0 N–H and O–H groups in total. The van der Waals surface area contributed by atoms with E-state index in [1.54, 1.807) is 0 Å². The molecule has 0 bridgehead atoms. The van der Waals surface area contributed by atoms with Gasteiger partial charge in [0.2, 0.25) is 0 Å². The summed E-state index contributed by atoms with van der Waals surface area (Å²) in [7, 11) is 0. The van der Waals surface area contributed by atoms with E-state index >= 15 is 0 Å². The summed E-state index contributed by atoms with van der Waals surface area (Å²) in [5, 5.41) is 22.1. The lowest BCUT2D eigenvalue weighted by Crippen LogP contribution is -2.34. The van der Waals surface area contributed by atoms with Crippen molar-refractivity contribution in [1.29, 1.82) is 10.5 Å². The average molecular weight is 533 g/mol. The molecule has 2 heterocycles. The van der Waals surface area contributed by atoms with Gasteiger partial charge >= 0.3 is 0 Å². The maximum Gasteiger partial charge on any atom is 0.169 e. The zero-order valence-electron chi connectivity index (χ0n) is 23.7. The van der Waals surface area contributed by atoms with Crippen LogP contribution in [0, 0.1) is 22.7 Å². The fraction of sp³-hybridized carbons (Fsp3) is 0.412. The third-order valence-corrected chi connectivity index (χ3v) is 8.31. The zero-order chi connectivity index (χ0) is 27.7. The van der Waals surface area contributed by atoms with Gasteiger partial charge in [0, 0.05) is 45.8 Å². The molecule has 0 aliphatic carbocycles. The molecule has 2 saturated heterocycles. The van der Waals surface area contributed by atoms with Gasteiger partial charge < -0.3 is 9.80 Å². The molecule has 206 valence electrons. The lowest BCUT2D eigenvalue weighted by atomic mass is 10.0. The van der Waals surface area contributed by atoms with Crippen molar-refractivity contribution in [2.45, 2.75) is 45.8 Å². The van der Waals surface area contributed by atoms with E-state index in [9.17, 15) is 10.5 Å². The third-order valence-electron chi connectivity index (χ3n) is 8.31. The summed E-state index contributed by atoms with van der Waals surface area (Å²) >= 11 is 0. The molecule has 3 aromatic rings. The molecule has 0 amide bonds. The maximum atomic E-state index is 9.82. The molecule has 3 aromatic carbocycles. The second-order valence-corrected chi connectivity index (χ2v) is 11.0. The summed E-state index contributed by atoms with van der Waals surface area (Å²) in [6, 6.07) is 28.2. The summed E-state index contributed by atoms with van der Waals surface area (Å²) in [5.74, 6) is 0.775. The van der Waals surface area contributed by atoms with Crippen LogP contribution in [0.2, 0.25) is 0 Å². The van der Waals surface area contributed by atoms with Crippen LogP contribution in [0.1, 0.15) is 42.9 Å². The van der Waals surface area contributed by atoms with Crippen LogP contribution in [0.25, 0.3) is 10.8 Å². The van der Waals surface area contributed by atoms with Crippen LogP contribution in [0.4, 0.5) is 0 Å². The first-order valence-electron chi connectivity index (χ1n) is 14.7. The largest absolute Gasteiger partial charge is 0.354 e. The van der Waals surface area contributed by atoms with Gasteiger partial charge in [-0.2, -0.15) is 10.5 Å². The highest BCUT2D eigenvalue weighted by Gasteiger charge is 2.29. The van der Waals surface area contributed by atoms with Crippen molar-refractivity contribution in [2.75, 3.05) is 45.8 Å². The summed E-state index contributed by atoms with van der Waals surface area (Å²) in [6.07, 6.45) is 3.99. The molecule has 2 aliphatic rings. The number of hydrogen-bond acceptors (Lipinski definition) is 6. The normalized spacial score (nSPS) is 15.9. The van der Waals surface area contributed by atoms with Crippen LogP contribution >= 0.6 is 0 Å². The van der Waals surface area contributed by atoms with Gasteiger partial charge in [0.05, 0.1) is 0 Å². The van der Waals surface area contributed by atoms with Gasteiger partial charge in [0.15, 0.2) is 5.57 Å². The lowest BCUT2D eigenvalue weighted by Gasteiger charge is -2.28. The van der Waals surface area contributed by atoms with E-state index in [0.717, 1.165) is 51.6 Å². The summed E-state index contributed by atoms with van der Waals surface area (Å²) in [4.78, 5) is 9.49. The quantitative estimate of drug-likeness (QED) is 0.311. The first kappa shape index (κ1) is 27.7. The molecule has 0 spiro atoms. The number of piperidine rings is 1. The van der Waals surface area contributed by atoms with Crippen molar-refractivity contribution >= 4 is 10.8 Å². The van der Waals surface area contributed by atoms with Gasteiger partial charge in [-0.05, 0) is 59.9 Å². The maximum absolute atomic E-state index is 9.82. The Morgan fingerprint density at radius 1 is 0.800 bits per heavy atom. The van der Waals surface area contributed by atoms with E-state index in [1.807, 2.05) is 0 Å². The molecule has 40 heavy (non-hydrogen) atoms. The van der Waals surface area contributed by atoms with Gasteiger partial charge in [-0.3, -0.25) is 9.80 Å². The van der Waals surface area contributed by atoms with E-state index in [4.69, 9.17) is 0 Å². The molecule has 0 saturated carbocycles. The average Bonchev–Trinajstić information content (AvgIpc) is 3.39. The van der Waals surface area contributed by atoms with Crippen molar-refractivity contribution in [1.82, 2.24) is 19.6 Å². The van der Waals surface area contributed by atoms with Crippen molar-refractivity contribution in [3.63, 3.8) is 0 Å². The predicted molar refractivity (Wildman–Crippen MR) is 161 cm³/mol. The van der Waals surface area contributed by atoms with Crippen molar-refractivity contribution in [3.8, 4) is 12.1 Å². The topological polar surface area (TPSA) is 60.5 Å². The summed E-state index contributed by atoms with van der Waals surface area (Å²) in [6.45, 7) is 11.5. The Kier molecular flexibility index (Phi) is 9.34. The molecular weight excluding hydrogens is 492 g/mol. The summed E-state index contributed by atoms with van der Waals surface area (Å²) < 4.78 is 0. The molecule has 2 fully saturated rings. The van der Waals surface area contributed by atoms with Crippen molar-refractivity contribution in [3.05, 3.63) is 94.8 Å². The number of allylic oxidation sites excluding steroid dienone is 1. The Morgan fingerprint density at radius 3 is 2.33 bits per heavy atom. The minimum atomic E-state index is 0.200. The Labute approximate surface area is 239 Å². The Bertz CT molecular complexity index is 1390. The minimum absolute atomic E-state index is 0.200. The molecule has 5 rings (SSSR count). The van der Waals surface area contributed by atoms with Gasteiger partial charge in [0.1, 0.15) is 18.0 Å². The van der Waals surface area contributed by atoms with Gasteiger partial charge in [-0.15, -0.1) is 0 Å². The number of benzene rings is 3. The van der Waals surface area contributed by atoms with Crippen LogP contribution in [-0.2, 0) is 19.6 Å². The van der Waals surface area contributed by atoms with E-state index < -0.39 is 0 Å². The molecular formula is C34H40N6. The number of likely N-dealkylation sites (N-methyl/N-ethyl adjacent to an activating group) is 1. The monoisotopic (exact) mass is 532 g/mol. The zero-order valence-corrected chi connectivity index (χ0v) is 23.7. The van der Waals surface area contributed by atoms with Gasteiger partial charge in [-0.1, -0.05) is 80.1 Å². The molecule has 0 aromatic heterocycles. The highest BCUT2D eigenvalue weighted by atomic mass is 15.4. The van der Waals surface area contributed by atoms with E-state index in [0.29, 0.717) is 6.54 Å². The lowest BCUT2D eigenvalue weighted by molar-refractivity contribution is 0.220. The smallest absolute Gasteiger partial charge is 0.169 e. The second kappa shape index (κ2) is 13.5. The van der Waals surface area contributed by atoms with Crippen molar-refractivity contribution < 1.29 is 0 Å². The molecule has 6 nitrogen and oxygen atoms in total. The van der Waals surface area contributed by atoms with E-state index in [-0.39, 0.29) is 5.57 Å². The second-order valence-electron chi connectivity index (χ2n) is 11.0. The number of likely N-dealkylation sites (tertiary alicyclic amines) is 1. The van der Waals surface area contributed by atoms with Crippen LogP contribution in [0.5, 0.6) is 0 Å². The number of nitriles is 2. The van der Waals surface area contributed by atoms with Crippen LogP contribution in [0.15, 0.2) is 78.1 Å². The Morgan fingerprint density at radius 2 is 1.52 bits per heavy atom. The molecule has 6 heteroatoms. The van der Waals surface area contributed by atoms with E-state index in [1.165, 1.54) is 59.8 Å². The number of rotatable bonds is 10. The van der Waals surface area contributed by atoms with Crippen LogP contribution in [0.3, 0.4) is 0 Å². The summed E-state index contributed by atoms with van der Waals surface area (Å²) in [5.41, 5.74) is 4.16. The SMILES string of the molecule is CCN(CCN1CCN(Cc2cccc3ccccc23)C1=C(C#N)C#N)Cc1cccc(CN2CCCCC2)c1. The first-order valence-corrected chi connectivity index (χ1v) is 14.7. The number of fused-ring (bicyclic) bond motifs is 1. The van der Waals surface area contributed by atoms with Crippen molar-refractivity contribution in [2.24, 2.45) is 0 Å². The molecule has 0 unspecified atom stereocenters. The highest BCUT2D eigenvalue weighted by Crippen LogP contribution is 2.27. The highest BCUT2D eigenvalue weighted by molar-refractivity contribution is 5.85. The molecule has 2 aliphatic heterocycles. The minimum Gasteiger partial charge on any atom is -0.354 e. The fourth-order valence-corrected chi connectivity index (χ4v) is 6.17. The first-order chi connectivity index (χ1) is 19.7. The van der Waals surface area contributed by atoms with E-state index in [2.05, 4.69) is 105 Å². The Hall–Kier alpha value is -3.84. The predicted octanol–water partition coefficient (Wildman–Crippen LogP) is 5.72. The van der Waals surface area contributed by atoms with Gasteiger partial charge in [0.25, 0.3) is 0 Å². The standard InChI is InChI=1S/C34H40N6/c1-2-37(25-28-10-8-11-29(22-28)26-38-16-6-3-7-17-38)18-19-39-20-21-40(34(39)32(23-35)24-36)27-31-14-9-13-30-12-4-5-15-33(30)31/h4-5,8-15,22H,2-3,6-7,16-21,25-27H2,1H3. The fourth-order valence-electron chi connectivity index (χ4n) is 6.17.